The monoisotopic (exact) mass is 478 g/mol. The van der Waals surface area contributed by atoms with Gasteiger partial charge in [-0.2, -0.15) is 6.08 Å². The second-order valence-corrected chi connectivity index (χ2v) is 8.65. The Bertz CT molecular complexity index is 1070. The minimum atomic E-state index is 0. The maximum Gasteiger partial charge on any atom is -0.0771 e. The number of benzene rings is 3. The Balaban J connectivity index is 0.000000234. The molecule has 0 unspecified atom stereocenters. The van der Waals surface area contributed by atoms with Crippen LogP contribution in [0.1, 0.15) is 25.8 Å². The minimum absolute atomic E-state index is 0. The van der Waals surface area contributed by atoms with E-state index in [1.165, 1.54) is 60.1 Å². The molecule has 152 valence electrons. The number of hydrogen-bond acceptors (Lipinski definition) is 0. The molecular formula is C27H26F2Zr. The van der Waals surface area contributed by atoms with Crippen LogP contribution in [-0.4, -0.2) is 3.21 Å². The largest absolute Gasteiger partial charge is 0.269 e. The number of fused-ring (bicyclic) bond motifs is 3. The van der Waals surface area contributed by atoms with Crippen LogP contribution >= 0.6 is 0 Å². The van der Waals surface area contributed by atoms with E-state index in [1.807, 2.05) is 12.1 Å². The van der Waals surface area contributed by atoms with Gasteiger partial charge in [-0.15, -0.1) is 53.1 Å². The molecule has 0 N–H and O–H groups in total. The first kappa shape index (κ1) is 25.7. The SMILES string of the molecule is CC1=CC[C-]=C1.C[C](=[Zr+2])c1ccccc1.F.F.c1ccc2c(c1)[cH-]c1ccccc12. The summed E-state index contributed by atoms with van der Waals surface area (Å²) in [4.78, 5) is 0. The van der Waals surface area contributed by atoms with Gasteiger partial charge in [-0.1, -0.05) is 36.4 Å². The summed E-state index contributed by atoms with van der Waals surface area (Å²) >= 11 is 1.51. The van der Waals surface area contributed by atoms with Crippen LogP contribution < -0.4 is 0 Å². The summed E-state index contributed by atoms with van der Waals surface area (Å²) in [6.45, 7) is 4.24. The molecule has 4 aromatic carbocycles. The van der Waals surface area contributed by atoms with Gasteiger partial charge in [-0.25, -0.2) is 11.6 Å². The number of rotatable bonds is 1. The van der Waals surface area contributed by atoms with E-state index in [0.717, 1.165) is 6.42 Å². The van der Waals surface area contributed by atoms with Crippen molar-refractivity contribution in [2.75, 3.05) is 0 Å². The van der Waals surface area contributed by atoms with Gasteiger partial charge in [-0.05, 0) is 0 Å². The van der Waals surface area contributed by atoms with Crippen molar-refractivity contribution in [2.24, 2.45) is 0 Å². The molecule has 4 aromatic rings. The van der Waals surface area contributed by atoms with E-state index >= 15 is 0 Å². The van der Waals surface area contributed by atoms with Gasteiger partial charge in [-0.3, -0.25) is 15.5 Å². The molecule has 1 aliphatic carbocycles. The van der Waals surface area contributed by atoms with E-state index in [0.29, 0.717) is 0 Å². The molecule has 0 aliphatic heterocycles. The molecule has 0 atom stereocenters. The van der Waals surface area contributed by atoms with Crippen LogP contribution in [0.15, 0.2) is 103 Å². The average Bonchev–Trinajstić information content (AvgIpc) is 3.36. The third kappa shape index (κ3) is 7.15. The molecule has 0 saturated carbocycles. The molecule has 0 saturated heterocycles. The molecule has 0 bridgehead atoms. The number of halogens is 2. The minimum Gasteiger partial charge on any atom is -0.269 e. The van der Waals surface area contributed by atoms with E-state index in [2.05, 4.69) is 105 Å². The van der Waals surface area contributed by atoms with Crippen LogP contribution in [0.4, 0.5) is 9.41 Å². The molecule has 3 heteroatoms. The Morgan fingerprint density at radius 3 is 1.67 bits per heavy atom. The molecule has 5 rings (SSSR count). The van der Waals surface area contributed by atoms with Gasteiger partial charge in [0.2, 0.25) is 0 Å². The van der Waals surface area contributed by atoms with Crippen LogP contribution in [0.2, 0.25) is 0 Å². The molecule has 0 radical (unpaired) electrons. The van der Waals surface area contributed by atoms with Crippen LogP contribution in [0, 0.1) is 6.08 Å². The fourth-order valence-electron chi connectivity index (χ4n) is 3.09. The predicted octanol–water partition coefficient (Wildman–Crippen LogP) is 7.49. The predicted molar refractivity (Wildman–Crippen MR) is 124 cm³/mol. The van der Waals surface area contributed by atoms with Crippen molar-refractivity contribution in [1.29, 1.82) is 0 Å². The van der Waals surface area contributed by atoms with E-state index in [4.69, 9.17) is 0 Å². The average molecular weight is 480 g/mol. The second kappa shape index (κ2) is 13.0. The zero-order valence-corrected chi connectivity index (χ0v) is 19.7. The van der Waals surface area contributed by atoms with Gasteiger partial charge >= 0.3 is 70.3 Å². The van der Waals surface area contributed by atoms with Gasteiger partial charge in [0.05, 0.1) is 0 Å². The van der Waals surface area contributed by atoms with Crippen LogP contribution in [0.3, 0.4) is 0 Å². The van der Waals surface area contributed by atoms with E-state index in [-0.39, 0.29) is 9.41 Å². The summed E-state index contributed by atoms with van der Waals surface area (Å²) in [5, 5.41) is 5.39. The summed E-state index contributed by atoms with van der Waals surface area (Å²) in [7, 11) is 0. The molecule has 0 aromatic heterocycles. The summed E-state index contributed by atoms with van der Waals surface area (Å²) in [5.74, 6) is 0. The van der Waals surface area contributed by atoms with E-state index < -0.39 is 0 Å². The number of hydrogen-bond donors (Lipinski definition) is 0. The quantitative estimate of drug-likeness (QED) is 0.248. The Morgan fingerprint density at radius 1 is 0.800 bits per heavy atom. The summed E-state index contributed by atoms with van der Waals surface area (Å²) in [6.07, 6.45) is 8.24. The molecule has 0 nitrogen and oxygen atoms in total. The molecule has 1 aliphatic rings. The van der Waals surface area contributed by atoms with Gasteiger partial charge in [0.15, 0.2) is 0 Å². The van der Waals surface area contributed by atoms with Gasteiger partial charge in [0.25, 0.3) is 0 Å². The van der Waals surface area contributed by atoms with Crippen molar-refractivity contribution in [3.63, 3.8) is 0 Å². The summed E-state index contributed by atoms with van der Waals surface area (Å²) in [6, 6.07) is 29.7. The maximum atomic E-state index is 3.05. The first-order valence-electron chi connectivity index (χ1n) is 9.52. The van der Waals surface area contributed by atoms with E-state index in [1.54, 1.807) is 0 Å². The topological polar surface area (TPSA) is 0 Å². The van der Waals surface area contributed by atoms with E-state index in [9.17, 15) is 0 Å². The Kier molecular flexibility index (Phi) is 11.1. The maximum absolute atomic E-state index is 3.05. The molecule has 0 amide bonds. The molecule has 0 heterocycles. The Morgan fingerprint density at radius 2 is 1.30 bits per heavy atom. The third-order valence-electron chi connectivity index (χ3n) is 4.60. The second-order valence-electron chi connectivity index (χ2n) is 6.81. The van der Waals surface area contributed by atoms with Gasteiger partial charge in [0, 0.05) is 0 Å². The fourth-order valence-corrected chi connectivity index (χ4v) is 3.50. The third-order valence-corrected chi connectivity index (χ3v) is 5.31. The van der Waals surface area contributed by atoms with Crippen LogP contribution in [-0.2, 0) is 24.2 Å². The zero-order chi connectivity index (χ0) is 19.8. The standard InChI is InChI=1S/C13H9.C8H8.C6H7.2FH.Zr/c1-3-7-12-10(5-1)9-11-6-2-4-8-13(11)12;1-2-8-6-4-3-5-7-8;1-6-4-2-3-5-6;;;/h1-9H;3-7H,1H3;4-5H,2H2,1H3;2*1H;/q-1;;-1;;;+2. The van der Waals surface area contributed by atoms with Crippen molar-refractivity contribution in [2.45, 2.75) is 20.3 Å². The Labute approximate surface area is 192 Å². The van der Waals surface area contributed by atoms with Crippen molar-refractivity contribution in [3.05, 3.63) is 114 Å². The number of allylic oxidation sites excluding steroid dienone is 4. The normalized spacial score (nSPS) is 11.3. The summed E-state index contributed by atoms with van der Waals surface area (Å²) < 4.78 is 1.46. The molecule has 0 spiro atoms. The van der Waals surface area contributed by atoms with Crippen molar-refractivity contribution >= 4 is 24.8 Å². The zero-order valence-electron chi connectivity index (χ0n) is 17.3. The first-order chi connectivity index (χ1) is 13.6. The van der Waals surface area contributed by atoms with Crippen LogP contribution in [0.25, 0.3) is 21.5 Å². The van der Waals surface area contributed by atoms with Crippen molar-refractivity contribution in [3.8, 4) is 0 Å². The van der Waals surface area contributed by atoms with Crippen molar-refractivity contribution < 1.29 is 33.6 Å². The van der Waals surface area contributed by atoms with Gasteiger partial charge < -0.3 is 0 Å². The smallest absolute Gasteiger partial charge is 0.0771 e. The summed E-state index contributed by atoms with van der Waals surface area (Å²) in [5.41, 5.74) is 2.71. The first-order valence-corrected chi connectivity index (χ1v) is 10.7. The molecule has 30 heavy (non-hydrogen) atoms. The molecular weight excluding hydrogens is 454 g/mol. The Hall–Kier alpha value is -2.38. The fraction of sp³-hybridized carbons (Fsp3) is 0.111. The van der Waals surface area contributed by atoms with Crippen LogP contribution in [0.5, 0.6) is 0 Å². The van der Waals surface area contributed by atoms with Gasteiger partial charge in [0.1, 0.15) is 0 Å². The van der Waals surface area contributed by atoms with Crippen molar-refractivity contribution in [1.82, 2.24) is 0 Å². The molecule has 0 fully saturated rings.